The topological polar surface area (TPSA) is 97.5 Å². The number of pyridine rings is 1. The number of halogens is 6. The van der Waals surface area contributed by atoms with Gasteiger partial charge in [-0.1, -0.05) is 41.4 Å². The second-order valence-corrected chi connectivity index (χ2v) is 7.76. The molecule has 0 amide bonds. The molecular formula is C22H13Cl2F4N7O. The molecule has 0 saturated heterocycles. The summed E-state index contributed by atoms with van der Waals surface area (Å²) >= 11 is 12.0. The van der Waals surface area contributed by atoms with Crippen LogP contribution in [0.15, 0.2) is 71.0 Å². The lowest BCUT2D eigenvalue weighted by atomic mass is 10.2. The molecule has 8 nitrogen and oxygen atoms in total. The molecule has 2 aromatic carbocycles. The van der Waals surface area contributed by atoms with Gasteiger partial charge in [-0.15, -0.1) is 18.3 Å². The summed E-state index contributed by atoms with van der Waals surface area (Å²) in [7, 11) is 0. The third-order valence-corrected chi connectivity index (χ3v) is 4.90. The van der Waals surface area contributed by atoms with Crippen LogP contribution in [0.3, 0.4) is 0 Å². The van der Waals surface area contributed by atoms with E-state index in [9.17, 15) is 17.6 Å². The molecule has 2 heterocycles. The zero-order valence-corrected chi connectivity index (χ0v) is 19.4. The molecule has 14 heteroatoms. The molecule has 0 unspecified atom stereocenters. The summed E-state index contributed by atoms with van der Waals surface area (Å²) in [4.78, 5) is 16.5. The molecule has 0 bridgehead atoms. The number of anilines is 2. The van der Waals surface area contributed by atoms with Gasteiger partial charge in [-0.05, 0) is 42.0 Å². The van der Waals surface area contributed by atoms with Crippen molar-refractivity contribution in [3.63, 3.8) is 0 Å². The number of hydrogen-bond acceptors (Lipinski definition) is 8. The Hall–Kier alpha value is -3.90. The van der Waals surface area contributed by atoms with Crippen molar-refractivity contribution in [3.05, 3.63) is 82.4 Å². The summed E-state index contributed by atoms with van der Waals surface area (Å²) in [6.07, 6.45) is -3.35. The number of benzene rings is 2. The largest absolute Gasteiger partial charge is 0.573 e. The first-order chi connectivity index (χ1) is 17.2. The number of hydrogen-bond donors (Lipinski definition) is 1. The number of azo groups is 1. The van der Waals surface area contributed by atoms with Crippen LogP contribution in [0.5, 0.6) is 5.75 Å². The molecule has 0 fully saturated rings. The van der Waals surface area contributed by atoms with E-state index in [1.165, 1.54) is 36.5 Å². The van der Waals surface area contributed by atoms with E-state index in [1.54, 1.807) is 12.1 Å². The van der Waals surface area contributed by atoms with Gasteiger partial charge in [-0.3, -0.25) is 0 Å². The molecule has 0 aliphatic rings. The van der Waals surface area contributed by atoms with Gasteiger partial charge in [-0.2, -0.15) is 20.1 Å². The van der Waals surface area contributed by atoms with E-state index in [-0.39, 0.29) is 45.8 Å². The molecule has 2 aromatic heterocycles. The summed E-state index contributed by atoms with van der Waals surface area (Å²) < 4.78 is 55.3. The van der Waals surface area contributed by atoms with Crippen molar-refractivity contribution in [3.8, 4) is 17.1 Å². The van der Waals surface area contributed by atoms with Gasteiger partial charge in [-0.25, -0.2) is 9.37 Å². The van der Waals surface area contributed by atoms with Crippen molar-refractivity contribution in [2.75, 3.05) is 5.32 Å². The van der Waals surface area contributed by atoms with Crippen molar-refractivity contribution in [1.29, 1.82) is 0 Å². The van der Waals surface area contributed by atoms with Crippen LogP contribution in [0, 0.1) is 5.82 Å². The molecule has 0 aliphatic heterocycles. The summed E-state index contributed by atoms with van der Waals surface area (Å²) in [6.45, 7) is -0.00235. The number of nitrogens with one attached hydrogen (secondary N) is 1. The van der Waals surface area contributed by atoms with Crippen LogP contribution in [0.25, 0.3) is 11.4 Å². The van der Waals surface area contributed by atoms with Crippen LogP contribution in [0.1, 0.15) is 5.56 Å². The second kappa shape index (κ2) is 10.8. The lowest BCUT2D eigenvalue weighted by Gasteiger charge is -2.09. The Labute approximate surface area is 211 Å². The molecule has 0 atom stereocenters. The van der Waals surface area contributed by atoms with E-state index in [1.807, 2.05) is 0 Å². The summed E-state index contributed by atoms with van der Waals surface area (Å²) in [5.41, 5.74) is 0.973. The molecule has 0 radical (unpaired) electrons. The Morgan fingerprint density at radius 3 is 2.39 bits per heavy atom. The molecule has 4 rings (SSSR count). The first kappa shape index (κ1) is 25.2. The highest BCUT2D eigenvalue weighted by molar-refractivity contribution is 6.33. The number of nitrogens with zero attached hydrogens (tertiary/aromatic N) is 6. The predicted octanol–water partition coefficient (Wildman–Crippen LogP) is 7.31. The van der Waals surface area contributed by atoms with Crippen LogP contribution in [-0.4, -0.2) is 26.3 Å². The zero-order chi connectivity index (χ0) is 25.7. The normalized spacial score (nSPS) is 11.6. The molecule has 4 aromatic rings. The fraction of sp³-hybridized carbons (Fsp3) is 0.0909. The monoisotopic (exact) mass is 537 g/mol. The molecule has 1 N–H and O–H groups in total. The molecular weight excluding hydrogens is 525 g/mol. The van der Waals surface area contributed by atoms with Crippen LogP contribution in [0.2, 0.25) is 10.2 Å². The van der Waals surface area contributed by atoms with Crippen molar-refractivity contribution in [1.82, 2.24) is 19.9 Å². The van der Waals surface area contributed by atoms with Gasteiger partial charge < -0.3 is 10.1 Å². The van der Waals surface area contributed by atoms with E-state index in [4.69, 9.17) is 23.2 Å². The van der Waals surface area contributed by atoms with Gasteiger partial charge in [0.2, 0.25) is 5.95 Å². The quantitative estimate of drug-likeness (QED) is 0.151. The Bertz CT molecular complexity index is 1360. The van der Waals surface area contributed by atoms with E-state index >= 15 is 0 Å². The molecule has 184 valence electrons. The zero-order valence-electron chi connectivity index (χ0n) is 17.8. The third kappa shape index (κ3) is 6.83. The van der Waals surface area contributed by atoms with Gasteiger partial charge in [0, 0.05) is 0 Å². The van der Waals surface area contributed by atoms with Crippen LogP contribution >= 0.6 is 23.2 Å². The van der Waals surface area contributed by atoms with Crippen LogP contribution in [0.4, 0.5) is 35.1 Å². The van der Waals surface area contributed by atoms with E-state index in [2.05, 4.69) is 40.2 Å². The first-order valence-corrected chi connectivity index (χ1v) is 10.7. The molecule has 0 spiro atoms. The highest BCUT2D eigenvalue weighted by Gasteiger charge is 2.30. The van der Waals surface area contributed by atoms with Gasteiger partial charge in [0.1, 0.15) is 16.7 Å². The maximum Gasteiger partial charge on any atom is 0.573 e. The molecule has 36 heavy (non-hydrogen) atoms. The lowest BCUT2D eigenvalue weighted by Crippen LogP contribution is -2.16. The van der Waals surface area contributed by atoms with Crippen molar-refractivity contribution in [2.24, 2.45) is 10.2 Å². The average Bonchev–Trinajstić information content (AvgIpc) is 2.81. The van der Waals surface area contributed by atoms with Gasteiger partial charge in [0.15, 0.2) is 5.82 Å². The summed E-state index contributed by atoms with van der Waals surface area (Å²) in [5.74, 6) is -1.27. The van der Waals surface area contributed by atoms with E-state index in [0.29, 0.717) is 11.3 Å². The van der Waals surface area contributed by atoms with Crippen molar-refractivity contribution in [2.45, 2.75) is 12.9 Å². The van der Waals surface area contributed by atoms with Crippen molar-refractivity contribution >= 4 is 40.8 Å². The van der Waals surface area contributed by atoms with Gasteiger partial charge >= 0.3 is 6.36 Å². The number of ether oxygens (including phenoxy) is 1. The van der Waals surface area contributed by atoms with Crippen LogP contribution in [-0.2, 0) is 6.54 Å². The number of aromatic nitrogens is 4. The average molecular weight is 538 g/mol. The molecule has 0 saturated carbocycles. The van der Waals surface area contributed by atoms with E-state index in [0.717, 1.165) is 12.1 Å². The SMILES string of the molecule is Fc1cccc(Cl)c1-c1nc(N=NCc2ccc(OC(F)(F)F)cc2)nc(Nc2ccc(Cl)nc2)n1. The third-order valence-electron chi connectivity index (χ3n) is 4.36. The summed E-state index contributed by atoms with van der Waals surface area (Å²) in [5, 5.41) is 11.2. The lowest BCUT2D eigenvalue weighted by molar-refractivity contribution is -0.274. The highest BCUT2D eigenvalue weighted by Crippen LogP contribution is 2.30. The smallest absolute Gasteiger partial charge is 0.406 e. The maximum absolute atomic E-state index is 14.5. The Morgan fingerprint density at radius 1 is 0.944 bits per heavy atom. The second-order valence-electron chi connectivity index (χ2n) is 6.97. The minimum absolute atomic E-state index is 0.00235. The maximum atomic E-state index is 14.5. The number of alkyl halides is 3. The Balaban J connectivity index is 1.60. The minimum Gasteiger partial charge on any atom is -0.406 e. The fourth-order valence-electron chi connectivity index (χ4n) is 2.84. The van der Waals surface area contributed by atoms with Gasteiger partial charge in [0.25, 0.3) is 5.95 Å². The highest BCUT2D eigenvalue weighted by atomic mass is 35.5. The number of rotatable bonds is 7. The fourth-order valence-corrected chi connectivity index (χ4v) is 3.20. The predicted molar refractivity (Wildman–Crippen MR) is 124 cm³/mol. The molecule has 0 aliphatic carbocycles. The van der Waals surface area contributed by atoms with Crippen molar-refractivity contribution < 1.29 is 22.3 Å². The standard InChI is InChI=1S/C22H13Cl2F4N7O/c23-15-2-1-3-16(25)18(15)19-32-20(31-13-6-9-17(24)29-11-13)34-21(33-19)35-30-10-12-4-7-14(8-5-12)36-22(26,27)28/h1-9,11H,10H2,(H,31,32,33,34). The Kier molecular flexibility index (Phi) is 7.55. The first-order valence-electron chi connectivity index (χ1n) is 9.97. The summed E-state index contributed by atoms with van der Waals surface area (Å²) in [6, 6.07) is 12.4. The van der Waals surface area contributed by atoms with Crippen LogP contribution < -0.4 is 10.1 Å². The van der Waals surface area contributed by atoms with Gasteiger partial charge in [0.05, 0.1) is 29.0 Å². The Morgan fingerprint density at radius 2 is 1.72 bits per heavy atom. The van der Waals surface area contributed by atoms with E-state index < -0.39 is 12.2 Å². The minimum atomic E-state index is -4.79.